The molecule has 3 rings (SSSR count). The molecule has 2 aromatic heterocycles. The van der Waals surface area contributed by atoms with Gasteiger partial charge in [0.1, 0.15) is 5.69 Å². The third kappa shape index (κ3) is 3.17. The molecule has 2 heterocycles. The molecule has 0 aliphatic heterocycles. The number of aromatic nitrogens is 4. The summed E-state index contributed by atoms with van der Waals surface area (Å²) in [6, 6.07) is 8.14. The number of aryl methyl sites for hydroxylation is 1. The fourth-order valence-corrected chi connectivity index (χ4v) is 2.09. The predicted molar refractivity (Wildman–Crippen MR) is 82.5 cm³/mol. The number of rotatable bonds is 4. The minimum Gasteiger partial charge on any atom is -0.318 e. The Morgan fingerprint density at radius 1 is 1.23 bits per heavy atom. The zero-order valence-electron chi connectivity index (χ0n) is 12.1. The van der Waals surface area contributed by atoms with E-state index < -0.39 is 0 Å². The molecule has 0 saturated heterocycles. The van der Waals surface area contributed by atoms with Gasteiger partial charge in [-0.3, -0.25) is 14.5 Å². The molecule has 0 spiro atoms. The van der Waals surface area contributed by atoms with Crippen molar-refractivity contribution in [3.63, 3.8) is 0 Å². The van der Waals surface area contributed by atoms with E-state index in [0.29, 0.717) is 12.2 Å². The molecule has 1 N–H and O–H groups in total. The Morgan fingerprint density at radius 3 is 2.86 bits per heavy atom. The van der Waals surface area contributed by atoms with Crippen LogP contribution in [-0.4, -0.2) is 25.7 Å². The van der Waals surface area contributed by atoms with Crippen LogP contribution in [0, 0.1) is 6.92 Å². The maximum absolute atomic E-state index is 12.0. The lowest BCUT2D eigenvalue weighted by Crippen LogP contribution is -2.13. The van der Waals surface area contributed by atoms with Gasteiger partial charge in [0.05, 0.1) is 24.6 Å². The molecule has 22 heavy (non-hydrogen) atoms. The Labute approximate surface area is 127 Å². The Hall–Kier alpha value is -3.02. The summed E-state index contributed by atoms with van der Waals surface area (Å²) in [4.78, 5) is 19.8. The standard InChI is InChI=1S/C16H15N5O/c1-12-4-2-3-5-13(12)10-21-11-14(8-19-21)20-16(22)15-9-17-6-7-18-15/h2-9,11H,10H2,1H3,(H,20,22). The number of benzene rings is 1. The molecule has 3 aromatic rings. The van der Waals surface area contributed by atoms with Gasteiger partial charge in [0, 0.05) is 18.6 Å². The van der Waals surface area contributed by atoms with Crippen molar-refractivity contribution in [3.05, 3.63) is 72.1 Å². The molecule has 0 aliphatic rings. The van der Waals surface area contributed by atoms with Gasteiger partial charge in [-0.15, -0.1) is 0 Å². The van der Waals surface area contributed by atoms with E-state index in [-0.39, 0.29) is 11.6 Å². The first-order valence-electron chi connectivity index (χ1n) is 6.87. The van der Waals surface area contributed by atoms with Gasteiger partial charge in [0.15, 0.2) is 0 Å². The van der Waals surface area contributed by atoms with Gasteiger partial charge in [-0.05, 0) is 18.1 Å². The molecule has 1 aromatic carbocycles. The lowest BCUT2D eigenvalue weighted by atomic mass is 10.1. The zero-order valence-corrected chi connectivity index (χ0v) is 12.1. The normalized spacial score (nSPS) is 10.4. The summed E-state index contributed by atoms with van der Waals surface area (Å²) in [5.74, 6) is -0.302. The minimum absolute atomic E-state index is 0.272. The second-order valence-electron chi connectivity index (χ2n) is 4.90. The summed E-state index contributed by atoms with van der Waals surface area (Å²) in [7, 11) is 0. The van der Waals surface area contributed by atoms with Crippen LogP contribution in [0.1, 0.15) is 21.6 Å². The Bertz CT molecular complexity index is 782. The lowest BCUT2D eigenvalue weighted by molar-refractivity contribution is 0.102. The number of hydrogen-bond acceptors (Lipinski definition) is 4. The number of amides is 1. The van der Waals surface area contributed by atoms with Crippen molar-refractivity contribution in [3.8, 4) is 0 Å². The first kappa shape index (κ1) is 13.9. The molecule has 0 fully saturated rings. The Kier molecular flexibility index (Phi) is 3.91. The number of carbonyl (C=O) groups excluding carboxylic acids is 1. The molecule has 0 unspecified atom stereocenters. The summed E-state index contributed by atoms with van der Waals surface area (Å²) in [5.41, 5.74) is 3.30. The summed E-state index contributed by atoms with van der Waals surface area (Å²) in [6.07, 6.45) is 7.84. The van der Waals surface area contributed by atoms with Crippen LogP contribution in [-0.2, 0) is 6.54 Å². The van der Waals surface area contributed by atoms with E-state index >= 15 is 0 Å². The van der Waals surface area contributed by atoms with Crippen molar-refractivity contribution >= 4 is 11.6 Å². The highest BCUT2D eigenvalue weighted by Gasteiger charge is 2.09. The van der Waals surface area contributed by atoms with Crippen LogP contribution >= 0.6 is 0 Å². The van der Waals surface area contributed by atoms with Crippen LogP contribution in [0.3, 0.4) is 0 Å². The van der Waals surface area contributed by atoms with Gasteiger partial charge in [0.25, 0.3) is 5.91 Å². The van der Waals surface area contributed by atoms with Crippen molar-refractivity contribution in [2.45, 2.75) is 13.5 Å². The zero-order chi connectivity index (χ0) is 15.4. The Morgan fingerprint density at radius 2 is 2.09 bits per heavy atom. The summed E-state index contributed by atoms with van der Waals surface area (Å²) in [5, 5.41) is 7.02. The highest BCUT2D eigenvalue weighted by molar-refractivity contribution is 6.02. The van der Waals surface area contributed by atoms with Crippen molar-refractivity contribution in [1.29, 1.82) is 0 Å². The highest BCUT2D eigenvalue weighted by atomic mass is 16.1. The maximum Gasteiger partial charge on any atom is 0.275 e. The predicted octanol–water partition coefficient (Wildman–Crippen LogP) is 2.28. The van der Waals surface area contributed by atoms with E-state index in [9.17, 15) is 4.79 Å². The van der Waals surface area contributed by atoms with Gasteiger partial charge in [-0.2, -0.15) is 5.10 Å². The number of carbonyl (C=O) groups is 1. The molecule has 0 saturated carbocycles. The first-order valence-corrected chi connectivity index (χ1v) is 6.87. The van der Waals surface area contributed by atoms with Crippen LogP contribution in [0.5, 0.6) is 0 Å². The summed E-state index contributed by atoms with van der Waals surface area (Å²) in [6.45, 7) is 2.73. The van der Waals surface area contributed by atoms with Crippen LogP contribution in [0.2, 0.25) is 0 Å². The van der Waals surface area contributed by atoms with Crippen molar-refractivity contribution < 1.29 is 4.79 Å². The smallest absolute Gasteiger partial charge is 0.275 e. The average molecular weight is 293 g/mol. The number of nitrogens with zero attached hydrogens (tertiary/aromatic N) is 4. The summed E-state index contributed by atoms with van der Waals surface area (Å²) >= 11 is 0. The molecule has 1 amide bonds. The first-order chi connectivity index (χ1) is 10.7. The maximum atomic E-state index is 12.0. The van der Waals surface area contributed by atoms with Gasteiger partial charge in [-0.25, -0.2) is 4.98 Å². The van der Waals surface area contributed by atoms with Gasteiger partial charge >= 0.3 is 0 Å². The van der Waals surface area contributed by atoms with E-state index in [4.69, 9.17) is 0 Å². The highest BCUT2D eigenvalue weighted by Crippen LogP contribution is 2.12. The molecular formula is C16H15N5O. The third-order valence-corrected chi connectivity index (χ3v) is 3.28. The SMILES string of the molecule is Cc1ccccc1Cn1cc(NC(=O)c2cnccn2)cn1. The van der Waals surface area contributed by atoms with Crippen molar-refractivity contribution in [1.82, 2.24) is 19.7 Å². The van der Waals surface area contributed by atoms with Crippen LogP contribution < -0.4 is 5.32 Å². The van der Waals surface area contributed by atoms with Crippen molar-refractivity contribution in [2.24, 2.45) is 0 Å². The largest absolute Gasteiger partial charge is 0.318 e. The van der Waals surface area contributed by atoms with Crippen LogP contribution in [0.25, 0.3) is 0 Å². The molecule has 6 nitrogen and oxygen atoms in total. The second-order valence-corrected chi connectivity index (χ2v) is 4.90. The van der Waals surface area contributed by atoms with E-state index in [0.717, 1.165) is 0 Å². The lowest BCUT2D eigenvalue weighted by Gasteiger charge is -2.05. The quantitative estimate of drug-likeness (QED) is 0.801. The molecule has 0 bridgehead atoms. The van der Waals surface area contributed by atoms with Crippen LogP contribution in [0.4, 0.5) is 5.69 Å². The number of hydrogen-bond donors (Lipinski definition) is 1. The number of anilines is 1. The fourth-order valence-electron chi connectivity index (χ4n) is 2.09. The fraction of sp³-hybridized carbons (Fsp3) is 0.125. The molecule has 0 radical (unpaired) electrons. The molecular weight excluding hydrogens is 278 g/mol. The van der Waals surface area contributed by atoms with E-state index in [1.807, 2.05) is 12.1 Å². The van der Waals surface area contributed by atoms with Gasteiger partial charge < -0.3 is 5.32 Å². The van der Waals surface area contributed by atoms with E-state index in [2.05, 4.69) is 39.4 Å². The molecule has 0 atom stereocenters. The second kappa shape index (κ2) is 6.17. The molecule has 110 valence electrons. The topological polar surface area (TPSA) is 72.7 Å². The number of nitrogens with one attached hydrogen (secondary N) is 1. The average Bonchev–Trinajstić information content (AvgIpc) is 2.97. The van der Waals surface area contributed by atoms with Crippen molar-refractivity contribution in [2.75, 3.05) is 5.32 Å². The Balaban J connectivity index is 1.69. The van der Waals surface area contributed by atoms with Crippen LogP contribution in [0.15, 0.2) is 55.2 Å². The third-order valence-electron chi connectivity index (χ3n) is 3.28. The van der Waals surface area contributed by atoms with E-state index in [1.54, 1.807) is 17.1 Å². The van der Waals surface area contributed by atoms with E-state index in [1.165, 1.54) is 29.7 Å². The molecule has 0 aliphatic carbocycles. The summed E-state index contributed by atoms with van der Waals surface area (Å²) < 4.78 is 1.79. The van der Waals surface area contributed by atoms with Gasteiger partial charge in [0.2, 0.25) is 0 Å². The molecule has 6 heteroatoms. The monoisotopic (exact) mass is 293 g/mol. The van der Waals surface area contributed by atoms with Gasteiger partial charge in [-0.1, -0.05) is 24.3 Å². The minimum atomic E-state index is -0.302.